The van der Waals surface area contributed by atoms with Crippen LogP contribution in [0.15, 0.2) is 6.20 Å². The molecule has 2 rings (SSSR count). The zero-order valence-corrected chi connectivity index (χ0v) is 15.2. The molecule has 1 fully saturated rings. The Labute approximate surface area is 141 Å². The molecule has 1 aromatic rings. The van der Waals surface area contributed by atoms with Gasteiger partial charge in [0.15, 0.2) is 4.47 Å². The van der Waals surface area contributed by atoms with Gasteiger partial charge in [-0.2, -0.15) is 0 Å². The molecule has 1 atom stereocenters. The first-order valence-corrected chi connectivity index (χ1v) is 8.72. The predicted molar refractivity (Wildman–Crippen MR) is 89.4 cm³/mol. The molecule has 0 spiro atoms. The van der Waals surface area contributed by atoms with Crippen LogP contribution < -0.4 is 0 Å². The second kappa shape index (κ2) is 7.15. The number of hydrogen-bond donors (Lipinski definition) is 0. The number of amides is 1. The fourth-order valence-electron chi connectivity index (χ4n) is 2.63. The highest BCUT2D eigenvalue weighted by Crippen LogP contribution is 2.23. The lowest BCUT2D eigenvalue weighted by atomic mass is 10.2. The smallest absolute Gasteiger partial charge is 0.410 e. The number of aromatic nitrogens is 1. The van der Waals surface area contributed by atoms with Crippen LogP contribution in [0.25, 0.3) is 0 Å². The second-order valence-corrected chi connectivity index (χ2v) is 8.44. The maximum absolute atomic E-state index is 12.3. The number of carbonyl (C=O) groups excluding carboxylic acids is 1. The molecule has 0 bridgehead atoms. The van der Waals surface area contributed by atoms with Crippen LogP contribution in [0.2, 0.25) is 4.47 Å². The Morgan fingerprint density at radius 1 is 1.59 bits per heavy atom. The molecule has 22 heavy (non-hydrogen) atoms. The summed E-state index contributed by atoms with van der Waals surface area (Å²) in [6, 6.07) is 0.211. The van der Waals surface area contributed by atoms with Crippen LogP contribution in [0, 0.1) is 0 Å². The molecule has 0 unspecified atom stereocenters. The lowest BCUT2D eigenvalue weighted by Crippen LogP contribution is -2.44. The molecule has 0 N–H and O–H groups in total. The zero-order valence-electron chi connectivity index (χ0n) is 13.6. The Hall–Kier alpha value is -0.850. The summed E-state index contributed by atoms with van der Waals surface area (Å²) in [6.07, 6.45) is 3.66. The van der Waals surface area contributed by atoms with E-state index in [1.165, 1.54) is 11.3 Å². The highest BCUT2D eigenvalue weighted by Gasteiger charge is 2.32. The lowest BCUT2D eigenvalue weighted by Gasteiger charge is -2.30. The van der Waals surface area contributed by atoms with Crippen molar-refractivity contribution in [2.75, 3.05) is 20.1 Å². The van der Waals surface area contributed by atoms with Crippen LogP contribution in [0.3, 0.4) is 0 Å². The largest absolute Gasteiger partial charge is 0.444 e. The van der Waals surface area contributed by atoms with Crippen molar-refractivity contribution in [3.05, 3.63) is 15.5 Å². The maximum atomic E-state index is 12.3. The molecule has 2 heterocycles. The number of likely N-dealkylation sites (N-methyl/N-ethyl adjacent to an activating group) is 1. The Kier molecular flexibility index (Phi) is 5.69. The molecule has 1 aliphatic heterocycles. The Balaban J connectivity index is 1.89. The van der Waals surface area contributed by atoms with Gasteiger partial charge in [-0.05, 0) is 40.7 Å². The van der Waals surface area contributed by atoms with Gasteiger partial charge in [-0.25, -0.2) is 9.78 Å². The highest BCUT2D eigenvalue weighted by atomic mass is 35.5. The van der Waals surface area contributed by atoms with Gasteiger partial charge >= 0.3 is 6.09 Å². The molecule has 0 radical (unpaired) electrons. The van der Waals surface area contributed by atoms with E-state index in [0.29, 0.717) is 4.47 Å². The summed E-state index contributed by atoms with van der Waals surface area (Å²) >= 11 is 7.36. The quantitative estimate of drug-likeness (QED) is 0.836. The van der Waals surface area contributed by atoms with Crippen molar-refractivity contribution < 1.29 is 9.53 Å². The summed E-state index contributed by atoms with van der Waals surface area (Å²) < 4.78 is 6.07. The number of thiazole rings is 1. The molecule has 1 amide bonds. The molecule has 124 valence electrons. The van der Waals surface area contributed by atoms with E-state index in [0.717, 1.165) is 37.4 Å². The number of ether oxygens (including phenoxy) is 1. The van der Waals surface area contributed by atoms with Gasteiger partial charge in [0.1, 0.15) is 5.60 Å². The number of rotatable bonds is 4. The van der Waals surface area contributed by atoms with Gasteiger partial charge in [0.05, 0.1) is 0 Å². The van der Waals surface area contributed by atoms with Crippen LogP contribution in [0.1, 0.15) is 38.5 Å². The molecule has 5 nitrogen and oxygen atoms in total. The summed E-state index contributed by atoms with van der Waals surface area (Å²) in [5.74, 6) is 0. The molecular formula is C15H24ClN3O2S. The Bertz CT molecular complexity index is 515. The standard InChI is InChI=1S/C15H24ClN3O2S/c1-15(2,3)21-14(20)19-7-5-6-11(19)9-18(4)10-12-8-17-13(16)22-12/h8,11H,5-7,9-10H2,1-4H3/t11-/m1/s1. The van der Waals surface area contributed by atoms with Gasteiger partial charge in [0, 0.05) is 36.8 Å². The van der Waals surface area contributed by atoms with E-state index in [9.17, 15) is 4.79 Å². The Morgan fingerprint density at radius 2 is 2.32 bits per heavy atom. The molecule has 0 saturated carbocycles. The van der Waals surface area contributed by atoms with E-state index < -0.39 is 5.60 Å². The third-order valence-electron chi connectivity index (χ3n) is 3.48. The normalized spacial score (nSPS) is 19.0. The van der Waals surface area contributed by atoms with Gasteiger partial charge in [-0.1, -0.05) is 11.6 Å². The van der Waals surface area contributed by atoms with Crippen LogP contribution in [-0.4, -0.2) is 52.7 Å². The first kappa shape index (κ1) is 17.5. The summed E-state index contributed by atoms with van der Waals surface area (Å²) in [5.41, 5.74) is -0.449. The summed E-state index contributed by atoms with van der Waals surface area (Å²) in [5, 5.41) is 0. The van der Waals surface area contributed by atoms with E-state index in [2.05, 4.69) is 16.9 Å². The minimum Gasteiger partial charge on any atom is -0.444 e. The van der Waals surface area contributed by atoms with Crippen LogP contribution >= 0.6 is 22.9 Å². The first-order valence-electron chi connectivity index (χ1n) is 7.53. The molecule has 0 aromatic carbocycles. The van der Waals surface area contributed by atoms with E-state index in [1.54, 1.807) is 0 Å². The van der Waals surface area contributed by atoms with E-state index in [4.69, 9.17) is 16.3 Å². The van der Waals surface area contributed by atoms with Gasteiger partial charge in [0.25, 0.3) is 0 Å². The van der Waals surface area contributed by atoms with Gasteiger partial charge in [-0.15, -0.1) is 11.3 Å². The van der Waals surface area contributed by atoms with Crippen molar-refractivity contribution in [3.63, 3.8) is 0 Å². The number of halogens is 1. The summed E-state index contributed by atoms with van der Waals surface area (Å²) in [4.78, 5) is 21.5. The second-order valence-electron chi connectivity index (χ2n) is 6.75. The average Bonchev–Trinajstić information content (AvgIpc) is 2.96. The monoisotopic (exact) mass is 345 g/mol. The van der Waals surface area contributed by atoms with Gasteiger partial charge in [-0.3, -0.25) is 4.90 Å². The number of nitrogens with zero attached hydrogens (tertiary/aromatic N) is 3. The van der Waals surface area contributed by atoms with E-state index in [-0.39, 0.29) is 12.1 Å². The number of carbonyl (C=O) groups is 1. The van der Waals surface area contributed by atoms with Crippen molar-refractivity contribution in [1.29, 1.82) is 0 Å². The van der Waals surface area contributed by atoms with E-state index >= 15 is 0 Å². The van der Waals surface area contributed by atoms with Gasteiger partial charge < -0.3 is 9.64 Å². The molecule has 7 heteroatoms. The van der Waals surface area contributed by atoms with Crippen LogP contribution in [0.4, 0.5) is 4.79 Å². The fourth-order valence-corrected chi connectivity index (χ4v) is 3.69. The zero-order chi connectivity index (χ0) is 16.3. The number of hydrogen-bond acceptors (Lipinski definition) is 5. The van der Waals surface area contributed by atoms with Crippen LogP contribution in [0.5, 0.6) is 0 Å². The summed E-state index contributed by atoms with van der Waals surface area (Å²) in [7, 11) is 2.05. The predicted octanol–water partition coefficient (Wildman–Crippen LogP) is 3.63. The van der Waals surface area contributed by atoms with Gasteiger partial charge in [0.2, 0.25) is 0 Å². The van der Waals surface area contributed by atoms with Crippen molar-refractivity contribution >= 4 is 29.0 Å². The molecule has 0 aliphatic carbocycles. The van der Waals surface area contributed by atoms with Crippen molar-refractivity contribution in [2.24, 2.45) is 0 Å². The SMILES string of the molecule is CN(Cc1cnc(Cl)s1)C[C@H]1CCCN1C(=O)OC(C)(C)C. The molecule has 1 aliphatic rings. The lowest BCUT2D eigenvalue weighted by molar-refractivity contribution is 0.0202. The molecule has 1 aromatic heterocycles. The third kappa shape index (κ3) is 5.11. The van der Waals surface area contributed by atoms with Crippen molar-refractivity contribution in [2.45, 2.75) is 51.8 Å². The Morgan fingerprint density at radius 3 is 2.91 bits per heavy atom. The minimum absolute atomic E-state index is 0.204. The maximum Gasteiger partial charge on any atom is 0.410 e. The topological polar surface area (TPSA) is 45.7 Å². The first-order chi connectivity index (χ1) is 10.2. The fraction of sp³-hybridized carbons (Fsp3) is 0.733. The average molecular weight is 346 g/mol. The summed E-state index contributed by atoms with van der Waals surface area (Å²) in [6.45, 7) is 8.10. The molecule has 1 saturated heterocycles. The van der Waals surface area contributed by atoms with E-state index in [1.807, 2.05) is 31.9 Å². The third-order valence-corrected chi connectivity index (χ3v) is 4.58. The van der Waals surface area contributed by atoms with Crippen molar-refractivity contribution in [1.82, 2.24) is 14.8 Å². The molecular weight excluding hydrogens is 322 g/mol. The highest BCUT2D eigenvalue weighted by molar-refractivity contribution is 7.15. The minimum atomic E-state index is -0.449. The van der Waals surface area contributed by atoms with Crippen LogP contribution in [-0.2, 0) is 11.3 Å². The number of likely N-dealkylation sites (tertiary alicyclic amines) is 1. The van der Waals surface area contributed by atoms with Crippen molar-refractivity contribution in [3.8, 4) is 0 Å².